The van der Waals surface area contributed by atoms with E-state index in [9.17, 15) is 0 Å². The van der Waals surface area contributed by atoms with Gasteiger partial charge in [-0.05, 0) is 12.1 Å². The van der Waals surface area contributed by atoms with Crippen LogP contribution in [0.1, 0.15) is 5.82 Å². The predicted octanol–water partition coefficient (Wildman–Crippen LogP) is 2.13. The van der Waals surface area contributed by atoms with Crippen LogP contribution in [0.25, 0.3) is 0 Å². The minimum absolute atomic E-state index is 0.111. The number of ether oxygens (including phenoxy) is 1. The molecule has 0 saturated heterocycles. The van der Waals surface area contributed by atoms with Crippen LogP contribution in [0.3, 0.4) is 0 Å². The monoisotopic (exact) mass is 299 g/mol. The van der Waals surface area contributed by atoms with Crippen molar-refractivity contribution in [1.82, 2.24) is 14.8 Å². The first kappa shape index (κ1) is 14.2. The fraction of sp³-hybridized carbons (Fsp3) is 0.333. The molecule has 1 aromatic carbocycles. The van der Waals surface area contributed by atoms with Gasteiger partial charge in [-0.15, -0.1) is 10.2 Å². The van der Waals surface area contributed by atoms with Crippen molar-refractivity contribution in [1.29, 1.82) is 0 Å². The Kier molecular flexibility index (Phi) is 5.07. The van der Waals surface area contributed by atoms with Gasteiger partial charge in [0.1, 0.15) is 12.4 Å². The third kappa shape index (κ3) is 3.62. The number of aliphatic hydroxyl groups is 1. The number of aromatic nitrogens is 3. The normalized spacial score (nSPS) is 10.7. The van der Waals surface area contributed by atoms with Crippen molar-refractivity contribution in [2.75, 3.05) is 12.4 Å². The third-order valence-electron chi connectivity index (χ3n) is 2.48. The standard InChI is InChI=1S/C12H14ClN3O2S/c1-16-11(8-17)14-15-12(16)19-7-6-18-10-5-3-2-4-9(10)13/h2-5,17H,6-8H2,1H3. The first-order valence-corrected chi connectivity index (χ1v) is 7.08. The maximum Gasteiger partial charge on any atom is 0.191 e. The Morgan fingerprint density at radius 2 is 2.16 bits per heavy atom. The van der Waals surface area contributed by atoms with Crippen LogP contribution < -0.4 is 4.74 Å². The number of benzene rings is 1. The van der Waals surface area contributed by atoms with Gasteiger partial charge in [0.05, 0.1) is 11.6 Å². The molecule has 0 atom stereocenters. The molecule has 19 heavy (non-hydrogen) atoms. The first-order valence-electron chi connectivity index (χ1n) is 5.71. The van der Waals surface area contributed by atoms with Gasteiger partial charge in [0, 0.05) is 12.8 Å². The zero-order chi connectivity index (χ0) is 13.7. The van der Waals surface area contributed by atoms with Gasteiger partial charge in [-0.1, -0.05) is 35.5 Å². The number of halogens is 1. The Balaban J connectivity index is 1.81. The molecule has 0 radical (unpaired) electrons. The lowest BCUT2D eigenvalue weighted by Gasteiger charge is -2.07. The lowest BCUT2D eigenvalue weighted by Crippen LogP contribution is -2.03. The Morgan fingerprint density at radius 3 is 2.84 bits per heavy atom. The molecule has 2 aromatic rings. The average molecular weight is 300 g/mol. The highest BCUT2D eigenvalue weighted by Gasteiger charge is 2.08. The van der Waals surface area contributed by atoms with Crippen molar-refractivity contribution in [2.45, 2.75) is 11.8 Å². The second kappa shape index (κ2) is 6.79. The van der Waals surface area contributed by atoms with E-state index in [4.69, 9.17) is 21.4 Å². The van der Waals surface area contributed by atoms with Crippen molar-refractivity contribution in [3.05, 3.63) is 35.1 Å². The molecule has 0 spiro atoms. The van der Waals surface area contributed by atoms with E-state index in [0.717, 1.165) is 10.9 Å². The molecule has 1 aromatic heterocycles. The minimum atomic E-state index is -0.111. The van der Waals surface area contributed by atoms with Gasteiger partial charge < -0.3 is 14.4 Å². The maximum atomic E-state index is 9.01. The van der Waals surface area contributed by atoms with E-state index in [1.165, 1.54) is 11.8 Å². The number of aliphatic hydroxyl groups excluding tert-OH is 1. The molecule has 2 rings (SSSR count). The molecular weight excluding hydrogens is 286 g/mol. The van der Waals surface area contributed by atoms with Crippen molar-refractivity contribution in [3.63, 3.8) is 0 Å². The van der Waals surface area contributed by atoms with Crippen LogP contribution in [0.15, 0.2) is 29.4 Å². The molecule has 1 heterocycles. The molecular formula is C12H14ClN3O2S. The van der Waals surface area contributed by atoms with Crippen molar-refractivity contribution < 1.29 is 9.84 Å². The summed E-state index contributed by atoms with van der Waals surface area (Å²) in [5, 5.41) is 18.2. The molecule has 0 aliphatic carbocycles. The molecule has 0 bridgehead atoms. The minimum Gasteiger partial charge on any atom is -0.491 e. The van der Waals surface area contributed by atoms with E-state index in [1.54, 1.807) is 10.6 Å². The summed E-state index contributed by atoms with van der Waals surface area (Å²) >= 11 is 7.50. The van der Waals surface area contributed by atoms with Gasteiger partial charge >= 0.3 is 0 Å². The number of rotatable bonds is 6. The van der Waals surface area contributed by atoms with Gasteiger partial charge in [0.15, 0.2) is 11.0 Å². The number of nitrogens with zero attached hydrogens (tertiary/aromatic N) is 3. The van der Waals surface area contributed by atoms with Crippen LogP contribution >= 0.6 is 23.4 Å². The number of thioether (sulfide) groups is 1. The van der Waals surface area contributed by atoms with E-state index < -0.39 is 0 Å². The predicted molar refractivity (Wildman–Crippen MR) is 74.6 cm³/mol. The Morgan fingerprint density at radius 1 is 1.37 bits per heavy atom. The van der Waals surface area contributed by atoms with Crippen molar-refractivity contribution >= 4 is 23.4 Å². The summed E-state index contributed by atoms with van der Waals surface area (Å²) in [5.41, 5.74) is 0. The molecule has 1 N–H and O–H groups in total. The number of hydrogen-bond donors (Lipinski definition) is 1. The molecule has 5 nitrogen and oxygen atoms in total. The lowest BCUT2D eigenvalue weighted by molar-refractivity contribution is 0.266. The van der Waals surface area contributed by atoms with E-state index >= 15 is 0 Å². The fourth-order valence-corrected chi connectivity index (χ4v) is 2.39. The topological polar surface area (TPSA) is 60.2 Å². The summed E-state index contributed by atoms with van der Waals surface area (Å²) in [5.74, 6) is 1.95. The molecule has 0 fully saturated rings. The molecule has 0 amide bonds. The van der Waals surface area contributed by atoms with Crippen molar-refractivity contribution in [3.8, 4) is 5.75 Å². The summed E-state index contributed by atoms with van der Waals surface area (Å²) in [6.45, 7) is 0.413. The highest BCUT2D eigenvalue weighted by molar-refractivity contribution is 7.99. The highest BCUT2D eigenvalue weighted by atomic mass is 35.5. The summed E-state index contributed by atoms with van der Waals surface area (Å²) in [4.78, 5) is 0. The summed E-state index contributed by atoms with van der Waals surface area (Å²) in [7, 11) is 1.82. The van der Waals surface area contributed by atoms with Crippen LogP contribution in [-0.4, -0.2) is 32.2 Å². The van der Waals surface area contributed by atoms with Crippen molar-refractivity contribution in [2.24, 2.45) is 7.05 Å². The van der Waals surface area contributed by atoms with E-state index in [1.807, 2.05) is 25.2 Å². The maximum absolute atomic E-state index is 9.01. The Labute approximate surface area is 120 Å². The third-order valence-corrected chi connectivity index (χ3v) is 3.77. The van der Waals surface area contributed by atoms with E-state index in [2.05, 4.69) is 10.2 Å². The van der Waals surface area contributed by atoms with E-state index in [0.29, 0.717) is 23.2 Å². The molecule has 102 valence electrons. The quantitative estimate of drug-likeness (QED) is 0.654. The second-order valence-electron chi connectivity index (χ2n) is 3.74. The van der Waals surface area contributed by atoms with Crippen LogP contribution in [0.2, 0.25) is 5.02 Å². The molecule has 0 saturated carbocycles. The Bertz CT molecular complexity index is 548. The SMILES string of the molecule is Cn1c(CO)nnc1SCCOc1ccccc1Cl. The fourth-order valence-electron chi connectivity index (χ4n) is 1.45. The lowest BCUT2D eigenvalue weighted by atomic mass is 10.3. The van der Waals surface area contributed by atoms with Crippen LogP contribution in [0.4, 0.5) is 0 Å². The molecule has 0 aliphatic heterocycles. The summed E-state index contributed by atoms with van der Waals surface area (Å²) in [6, 6.07) is 7.36. The second-order valence-corrected chi connectivity index (χ2v) is 5.21. The largest absolute Gasteiger partial charge is 0.491 e. The zero-order valence-corrected chi connectivity index (χ0v) is 12.0. The number of para-hydroxylation sites is 1. The van der Waals surface area contributed by atoms with Gasteiger partial charge in [-0.3, -0.25) is 0 Å². The van der Waals surface area contributed by atoms with Crippen LogP contribution in [0.5, 0.6) is 5.75 Å². The first-order chi connectivity index (χ1) is 9.22. The zero-order valence-electron chi connectivity index (χ0n) is 10.4. The molecule has 0 aliphatic rings. The Hall–Kier alpha value is -1.24. The summed E-state index contributed by atoms with van der Waals surface area (Å²) in [6.07, 6.45) is 0. The number of hydrogen-bond acceptors (Lipinski definition) is 5. The van der Waals surface area contributed by atoms with Gasteiger partial charge in [0.25, 0.3) is 0 Å². The van der Waals surface area contributed by atoms with E-state index in [-0.39, 0.29) is 6.61 Å². The van der Waals surface area contributed by atoms with Crippen LogP contribution in [-0.2, 0) is 13.7 Å². The summed E-state index contributed by atoms with van der Waals surface area (Å²) < 4.78 is 7.34. The van der Waals surface area contributed by atoms with Crippen LogP contribution in [0, 0.1) is 0 Å². The average Bonchev–Trinajstić information content (AvgIpc) is 2.77. The van der Waals surface area contributed by atoms with Gasteiger partial charge in [-0.25, -0.2) is 0 Å². The molecule has 0 unspecified atom stereocenters. The van der Waals surface area contributed by atoms with Gasteiger partial charge in [0.2, 0.25) is 0 Å². The highest BCUT2D eigenvalue weighted by Crippen LogP contribution is 2.23. The van der Waals surface area contributed by atoms with Gasteiger partial charge in [-0.2, -0.15) is 0 Å². The smallest absolute Gasteiger partial charge is 0.191 e. The molecule has 7 heteroatoms.